The third-order valence-corrected chi connectivity index (χ3v) is 6.53. The molecule has 1 aliphatic heterocycles. The molecular formula is C23H23ClN10O2. The fourth-order valence-corrected chi connectivity index (χ4v) is 4.48. The molecule has 36 heavy (non-hydrogen) atoms. The summed E-state index contributed by atoms with van der Waals surface area (Å²) in [6.45, 7) is 2.22. The summed E-state index contributed by atoms with van der Waals surface area (Å²) in [5.41, 5.74) is 2.04. The van der Waals surface area contributed by atoms with E-state index < -0.39 is 12.1 Å². The molecule has 2 aliphatic rings. The molecule has 3 aromatic rings. The van der Waals surface area contributed by atoms with Crippen LogP contribution in [0.3, 0.4) is 0 Å². The van der Waals surface area contributed by atoms with Crippen LogP contribution >= 0.6 is 11.6 Å². The zero-order chi connectivity index (χ0) is 25.4. The molecule has 1 aromatic carbocycles. The van der Waals surface area contributed by atoms with Gasteiger partial charge in [-0.2, -0.15) is 20.0 Å². The van der Waals surface area contributed by atoms with Gasteiger partial charge in [0.05, 0.1) is 46.4 Å². The van der Waals surface area contributed by atoms with Crippen molar-refractivity contribution in [1.29, 1.82) is 10.5 Å². The molecular weight excluding hydrogens is 484 g/mol. The fraction of sp³-hybridized carbons (Fsp3) is 0.391. The van der Waals surface area contributed by atoms with Crippen LogP contribution in [0.15, 0.2) is 18.3 Å². The van der Waals surface area contributed by atoms with E-state index in [4.69, 9.17) is 11.6 Å². The Hall–Kier alpha value is -4.13. The number of rotatable bonds is 6. The molecule has 2 atom stereocenters. The van der Waals surface area contributed by atoms with Crippen LogP contribution in [-0.2, 0) is 4.79 Å². The molecule has 0 spiro atoms. The van der Waals surface area contributed by atoms with Crippen molar-refractivity contribution in [2.24, 2.45) is 0 Å². The van der Waals surface area contributed by atoms with Gasteiger partial charge in [0.2, 0.25) is 11.9 Å². The van der Waals surface area contributed by atoms with Gasteiger partial charge in [0.25, 0.3) is 0 Å². The smallest absolute Gasteiger partial charge is 0.247 e. The summed E-state index contributed by atoms with van der Waals surface area (Å²) in [6.07, 6.45) is 3.22. The van der Waals surface area contributed by atoms with Gasteiger partial charge in [0.1, 0.15) is 6.07 Å². The second-order valence-corrected chi connectivity index (χ2v) is 9.27. The summed E-state index contributed by atoms with van der Waals surface area (Å²) < 4.78 is 1.41. The molecule has 184 valence electrons. The van der Waals surface area contributed by atoms with Crippen LogP contribution in [0, 0.1) is 22.7 Å². The van der Waals surface area contributed by atoms with E-state index in [1.807, 2.05) is 4.90 Å². The standard InChI is InChI=1S/C23H23ClN10O2/c1-12(35)28-17-11-33(5-4-19(17)36)18-7-13(8-25)6-16(20(18)24)30-23-31-21(29-14-2-3-14)22-27-10-15(9-26)34(22)32-23/h6-7,10,14,17,19,36H,2-5,11H2,1H3,(H,28,35)(H2,29,30,31,32)/t17-,19-/m1/s1. The SMILES string of the molecule is CC(=O)N[C@@H]1CN(c2cc(C#N)cc(Nc3nc(NC4CC4)c4ncc(C#N)n4n3)c2Cl)CC[C@H]1O. The molecule has 1 saturated heterocycles. The number of fused-ring (bicyclic) bond motifs is 1. The number of halogens is 1. The molecule has 13 heteroatoms. The van der Waals surface area contributed by atoms with Crippen molar-refractivity contribution in [3.05, 3.63) is 34.6 Å². The lowest BCUT2D eigenvalue weighted by Gasteiger charge is -2.38. The summed E-state index contributed by atoms with van der Waals surface area (Å²) >= 11 is 6.79. The molecule has 0 unspecified atom stereocenters. The molecule has 1 saturated carbocycles. The number of aliphatic hydroxyl groups is 1. The predicted octanol–water partition coefficient (Wildman–Crippen LogP) is 1.91. The number of carbonyl (C=O) groups is 1. The Bertz CT molecular complexity index is 1420. The normalized spacial score (nSPS) is 19.4. The highest BCUT2D eigenvalue weighted by Gasteiger charge is 2.30. The minimum absolute atomic E-state index is 0.174. The largest absolute Gasteiger partial charge is 0.391 e. The van der Waals surface area contributed by atoms with Crippen molar-refractivity contribution in [2.45, 2.75) is 44.4 Å². The second kappa shape index (κ2) is 9.49. The zero-order valence-electron chi connectivity index (χ0n) is 19.4. The first kappa shape index (κ1) is 23.6. The first-order valence-corrected chi connectivity index (χ1v) is 11.9. The number of nitrogens with one attached hydrogen (secondary N) is 3. The molecule has 1 aliphatic carbocycles. The van der Waals surface area contributed by atoms with Crippen molar-refractivity contribution in [2.75, 3.05) is 28.6 Å². The van der Waals surface area contributed by atoms with Crippen molar-refractivity contribution < 1.29 is 9.90 Å². The third kappa shape index (κ3) is 4.69. The van der Waals surface area contributed by atoms with Crippen LogP contribution < -0.4 is 20.9 Å². The Kier molecular flexibility index (Phi) is 6.22. The number of anilines is 4. The predicted molar refractivity (Wildman–Crippen MR) is 132 cm³/mol. The maximum atomic E-state index is 11.6. The first-order chi connectivity index (χ1) is 17.4. The van der Waals surface area contributed by atoms with Crippen molar-refractivity contribution >= 4 is 46.3 Å². The lowest BCUT2D eigenvalue weighted by atomic mass is 10.0. The number of nitrogens with zero attached hydrogens (tertiary/aromatic N) is 7. The van der Waals surface area contributed by atoms with Gasteiger partial charge < -0.3 is 26.0 Å². The topological polar surface area (TPSA) is 167 Å². The Balaban J connectivity index is 1.50. The van der Waals surface area contributed by atoms with Gasteiger partial charge in [-0.15, -0.1) is 5.10 Å². The number of aliphatic hydroxyl groups excluding tert-OH is 1. The van der Waals surface area contributed by atoms with E-state index >= 15 is 0 Å². The van der Waals surface area contributed by atoms with E-state index in [0.717, 1.165) is 12.8 Å². The highest BCUT2D eigenvalue weighted by atomic mass is 35.5. The molecule has 2 aromatic heterocycles. The summed E-state index contributed by atoms with van der Waals surface area (Å²) in [4.78, 5) is 22.3. The van der Waals surface area contributed by atoms with Gasteiger partial charge in [-0.3, -0.25) is 4.79 Å². The van der Waals surface area contributed by atoms with Crippen molar-refractivity contribution in [3.8, 4) is 12.1 Å². The van der Waals surface area contributed by atoms with Crippen LogP contribution in [-0.4, -0.2) is 61.9 Å². The summed E-state index contributed by atoms with van der Waals surface area (Å²) in [5.74, 6) is 0.431. The Morgan fingerprint density at radius 2 is 2.06 bits per heavy atom. The summed E-state index contributed by atoms with van der Waals surface area (Å²) in [5, 5.41) is 43.4. The van der Waals surface area contributed by atoms with Crippen LogP contribution in [0.2, 0.25) is 5.02 Å². The number of piperidine rings is 1. The van der Waals surface area contributed by atoms with E-state index in [1.54, 1.807) is 12.1 Å². The summed E-state index contributed by atoms with van der Waals surface area (Å²) in [7, 11) is 0. The number of amides is 1. The Morgan fingerprint density at radius 1 is 1.25 bits per heavy atom. The van der Waals surface area contributed by atoms with Crippen molar-refractivity contribution in [1.82, 2.24) is 24.9 Å². The maximum absolute atomic E-state index is 11.6. The minimum Gasteiger partial charge on any atom is -0.391 e. The highest BCUT2D eigenvalue weighted by Crippen LogP contribution is 2.37. The quantitative estimate of drug-likeness (QED) is 0.387. The number of hydrogen-bond acceptors (Lipinski definition) is 10. The molecule has 3 heterocycles. The lowest BCUT2D eigenvalue weighted by molar-refractivity contribution is -0.120. The summed E-state index contributed by atoms with van der Waals surface area (Å²) in [6, 6.07) is 7.30. The Labute approximate surface area is 211 Å². The van der Waals surface area contributed by atoms with Gasteiger partial charge in [0, 0.05) is 26.1 Å². The number of carbonyl (C=O) groups excluding carboxylic acids is 1. The zero-order valence-corrected chi connectivity index (χ0v) is 20.1. The molecule has 12 nitrogen and oxygen atoms in total. The van der Waals surface area contributed by atoms with Crippen LogP contribution in [0.1, 0.15) is 37.4 Å². The number of imidazole rings is 1. The number of hydrogen-bond donors (Lipinski definition) is 4. The van der Waals surface area contributed by atoms with Gasteiger partial charge in [-0.25, -0.2) is 4.98 Å². The van der Waals surface area contributed by atoms with E-state index in [9.17, 15) is 20.4 Å². The molecule has 5 rings (SSSR count). The van der Waals surface area contributed by atoms with Gasteiger partial charge in [-0.05, 0) is 31.4 Å². The van der Waals surface area contributed by atoms with E-state index in [-0.39, 0.29) is 17.5 Å². The molecule has 4 N–H and O–H groups in total. The van der Waals surface area contributed by atoms with E-state index in [2.05, 4.69) is 43.2 Å². The second-order valence-electron chi connectivity index (χ2n) is 8.90. The highest BCUT2D eigenvalue weighted by molar-refractivity contribution is 6.36. The van der Waals surface area contributed by atoms with E-state index in [1.165, 1.54) is 17.6 Å². The van der Waals surface area contributed by atoms with Gasteiger partial charge in [-0.1, -0.05) is 11.6 Å². The first-order valence-electron chi connectivity index (χ1n) is 11.5. The molecule has 0 bridgehead atoms. The Morgan fingerprint density at radius 3 is 2.75 bits per heavy atom. The monoisotopic (exact) mass is 506 g/mol. The van der Waals surface area contributed by atoms with Crippen LogP contribution in [0.4, 0.5) is 23.1 Å². The minimum atomic E-state index is -0.678. The maximum Gasteiger partial charge on any atom is 0.247 e. The van der Waals surface area contributed by atoms with Gasteiger partial charge >= 0.3 is 0 Å². The average Bonchev–Trinajstić information content (AvgIpc) is 3.57. The van der Waals surface area contributed by atoms with Crippen molar-refractivity contribution in [3.63, 3.8) is 0 Å². The molecule has 0 radical (unpaired) electrons. The average molecular weight is 507 g/mol. The lowest BCUT2D eigenvalue weighted by Crippen LogP contribution is -2.55. The number of nitriles is 2. The molecule has 2 fully saturated rings. The number of aromatic nitrogens is 4. The molecule has 1 amide bonds. The van der Waals surface area contributed by atoms with E-state index in [0.29, 0.717) is 59.0 Å². The number of benzene rings is 1. The third-order valence-electron chi connectivity index (χ3n) is 6.13. The van der Waals surface area contributed by atoms with Crippen LogP contribution in [0.5, 0.6) is 0 Å². The fourth-order valence-electron chi connectivity index (χ4n) is 4.21. The van der Waals surface area contributed by atoms with Gasteiger partial charge in [0.15, 0.2) is 17.2 Å². The van der Waals surface area contributed by atoms with Crippen LogP contribution in [0.25, 0.3) is 5.65 Å².